The van der Waals surface area contributed by atoms with Crippen molar-refractivity contribution in [2.45, 2.75) is 26.7 Å². The first-order valence-electron chi connectivity index (χ1n) is 8.52. The molecule has 2 aromatic carbocycles. The average molecular weight is 340 g/mol. The molecule has 0 saturated carbocycles. The molecule has 0 aromatic heterocycles. The SMILES string of the molecule is CCCc1ccc(NC(=O)CNC(=O)c2ccc(OCC)cc2)cc1. The molecule has 0 aliphatic heterocycles. The molecule has 2 aromatic rings. The summed E-state index contributed by atoms with van der Waals surface area (Å²) in [5, 5.41) is 5.38. The number of carbonyl (C=O) groups is 2. The number of anilines is 1. The third-order valence-electron chi connectivity index (χ3n) is 3.61. The van der Waals surface area contributed by atoms with Crippen molar-refractivity contribution in [3.8, 4) is 5.75 Å². The van der Waals surface area contributed by atoms with Crippen molar-refractivity contribution in [2.75, 3.05) is 18.5 Å². The van der Waals surface area contributed by atoms with E-state index in [0.29, 0.717) is 17.9 Å². The number of nitrogens with one attached hydrogen (secondary N) is 2. The number of carbonyl (C=O) groups excluding carboxylic acids is 2. The van der Waals surface area contributed by atoms with Crippen LogP contribution in [0.3, 0.4) is 0 Å². The van der Waals surface area contributed by atoms with Crippen LogP contribution in [0.5, 0.6) is 5.75 Å². The highest BCUT2D eigenvalue weighted by Gasteiger charge is 2.08. The lowest BCUT2D eigenvalue weighted by molar-refractivity contribution is -0.115. The van der Waals surface area contributed by atoms with Crippen LogP contribution in [0.4, 0.5) is 5.69 Å². The van der Waals surface area contributed by atoms with Gasteiger partial charge in [-0.1, -0.05) is 25.5 Å². The van der Waals surface area contributed by atoms with Crippen molar-refractivity contribution in [3.63, 3.8) is 0 Å². The number of aryl methyl sites for hydroxylation is 1. The van der Waals surface area contributed by atoms with Crippen LogP contribution in [0.15, 0.2) is 48.5 Å². The summed E-state index contributed by atoms with van der Waals surface area (Å²) in [7, 11) is 0. The summed E-state index contributed by atoms with van der Waals surface area (Å²) in [5.41, 5.74) is 2.45. The molecule has 2 amide bonds. The van der Waals surface area contributed by atoms with Gasteiger partial charge in [0.05, 0.1) is 13.2 Å². The number of amides is 2. The van der Waals surface area contributed by atoms with Gasteiger partial charge < -0.3 is 15.4 Å². The van der Waals surface area contributed by atoms with E-state index in [2.05, 4.69) is 17.6 Å². The Morgan fingerprint density at radius 2 is 1.64 bits per heavy atom. The summed E-state index contributed by atoms with van der Waals surface area (Å²) >= 11 is 0. The molecule has 0 heterocycles. The molecule has 132 valence electrons. The summed E-state index contributed by atoms with van der Waals surface area (Å²) in [6.45, 7) is 4.52. The molecule has 0 unspecified atom stereocenters. The van der Waals surface area contributed by atoms with Crippen LogP contribution in [0, 0.1) is 0 Å². The Morgan fingerprint density at radius 1 is 0.960 bits per heavy atom. The number of rotatable bonds is 8. The lowest BCUT2D eigenvalue weighted by Gasteiger charge is -2.08. The van der Waals surface area contributed by atoms with E-state index >= 15 is 0 Å². The lowest BCUT2D eigenvalue weighted by atomic mass is 10.1. The van der Waals surface area contributed by atoms with E-state index in [-0.39, 0.29) is 18.4 Å². The first-order valence-corrected chi connectivity index (χ1v) is 8.52. The predicted octanol–water partition coefficient (Wildman–Crippen LogP) is 3.41. The van der Waals surface area contributed by atoms with Gasteiger partial charge in [-0.25, -0.2) is 0 Å². The van der Waals surface area contributed by atoms with Crippen LogP contribution in [0.1, 0.15) is 36.2 Å². The zero-order chi connectivity index (χ0) is 18.1. The normalized spacial score (nSPS) is 10.2. The Labute approximate surface area is 148 Å². The summed E-state index contributed by atoms with van der Waals surface area (Å²) in [6, 6.07) is 14.5. The molecule has 0 atom stereocenters. The minimum atomic E-state index is -0.295. The first kappa shape index (κ1) is 18.5. The summed E-state index contributed by atoms with van der Waals surface area (Å²) < 4.78 is 5.33. The summed E-state index contributed by atoms with van der Waals surface area (Å²) in [5.74, 6) is 0.155. The van der Waals surface area contributed by atoms with Crippen LogP contribution in [0.2, 0.25) is 0 Å². The molecule has 25 heavy (non-hydrogen) atoms. The molecular formula is C20H24N2O3. The Hall–Kier alpha value is -2.82. The topological polar surface area (TPSA) is 67.4 Å². The van der Waals surface area contributed by atoms with Crippen LogP contribution >= 0.6 is 0 Å². The van der Waals surface area contributed by atoms with E-state index < -0.39 is 0 Å². The maximum atomic E-state index is 12.1. The number of ether oxygens (including phenoxy) is 1. The van der Waals surface area contributed by atoms with Crippen LogP contribution in [0.25, 0.3) is 0 Å². The van der Waals surface area contributed by atoms with Gasteiger partial charge in [0.2, 0.25) is 5.91 Å². The van der Waals surface area contributed by atoms with Crippen molar-refractivity contribution < 1.29 is 14.3 Å². The van der Waals surface area contributed by atoms with E-state index in [0.717, 1.165) is 18.5 Å². The van der Waals surface area contributed by atoms with E-state index in [4.69, 9.17) is 4.74 Å². The van der Waals surface area contributed by atoms with Crippen LogP contribution in [-0.4, -0.2) is 25.0 Å². The van der Waals surface area contributed by atoms with Crippen molar-refractivity contribution in [1.82, 2.24) is 5.32 Å². The first-order chi connectivity index (χ1) is 12.1. The summed E-state index contributed by atoms with van der Waals surface area (Å²) in [4.78, 5) is 24.0. The second-order valence-electron chi connectivity index (χ2n) is 5.64. The fourth-order valence-corrected chi connectivity index (χ4v) is 2.38. The Morgan fingerprint density at radius 3 is 2.24 bits per heavy atom. The van der Waals surface area contributed by atoms with Crippen LogP contribution in [-0.2, 0) is 11.2 Å². The second kappa shape index (κ2) is 9.47. The second-order valence-corrected chi connectivity index (χ2v) is 5.64. The van der Waals surface area contributed by atoms with E-state index in [9.17, 15) is 9.59 Å². The maximum Gasteiger partial charge on any atom is 0.251 e. The third-order valence-corrected chi connectivity index (χ3v) is 3.61. The molecule has 2 N–H and O–H groups in total. The highest BCUT2D eigenvalue weighted by molar-refractivity contribution is 5.99. The molecule has 0 fully saturated rings. The van der Waals surface area contributed by atoms with E-state index in [1.165, 1.54) is 5.56 Å². The van der Waals surface area contributed by atoms with Crippen molar-refractivity contribution in [3.05, 3.63) is 59.7 Å². The molecule has 5 heteroatoms. The monoisotopic (exact) mass is 340 g/mol. The maximum absolute atomic E-state index is 12.1. The van der Waals surface area contributed by atoms with Gasteiger partial charge in [0.1, 0.15) is 5.75 Å². The minimum absolute atomic E-state index is 0.0806. The van der Waals surface area contributed by atoms with Crippen molar-refractivity contribution in [2.24, 2.45) is 0 Å². The van der Waals surface area contributed by atoms with Gasteiger partial charge in [0.25, 0.3) is 5.91 Å². The van der Waals surface area contributed by atoms with Gasteiger partial charge in [0.15, 0.2) is 0 Å². The van der Waals surface area contributed by atoms with E-state index in [1.807, 2.05) is 31.2 Å². The predicted molar refractivity (Wildman–Crippen MR) is 99.0 cm³/mol. The largest absolute Gasteiger partial charge is 0.494 e. The third kappa shape index (κ3) is 5.95. The van der Waals surface area contributed by atoms with Crippen molar-refractivity contribution >= 4 is 17.5 Å². The Kier molecular flexibility index (Phi) is 7.01. The van der Waals surface area contributed by atoms with E-state index in [1.54, 1.807) is 24.3 Å². The van der Waals surface area contributed by atoms with Gasteiger partial charge >= 0.3 is 0 Å². The van der Waals surface area contributed by atoms with Gasteiger partial charge in [-0.3, -0.25) is 9.59 Å². The van der Waals surface area contributed by atoms with Gasteiger partial charge in [-0.15, -0.1) is 0 Å². The standard InChI is InChI=1S/C20H24N2O3/c1-3-5-15-6-10-17(11-7-15)22-19(23)14-21-20(24)16-8-12-18(13-9-16)25-4-2/h6-13H,3-5,14H2,1-2H3,(H,21,24)(H,22,23). The number of hydrogen-bond donors (Lipinski definition) is 2. The quantitative estimate of drug-likeness (QED) is 0.774. The average Bonchev–Trinajstić information content (AvgIpc) is 2.62. The van der Waals surface area contributed by atoms with Gasteiger partial charge in [-0.05, 0) is 55.3 Å². The Bertz CT molecular complexity index is 694. The fourth-order valence-electron chi connectivity index (χ4n) is 2.38. The highest BCUT2D eigenvalue weighted by Crippen LogP contribution is 2.12. The molecule has 0 saturated heterocycles. The Balaban J connectivity index is 1.81. The minimum Gasteiger partial charge on any atom is -0.494 e. The molecule has 2 rings (SSSR count). The zero-order valence-corrected chi connectivity index (χ0v) is 14.7. The number of benzene rings is 2. The fraction of sp³-hybridized carbons (Fsp3) is 0.300. The zero-order valence-electron chi connectivity index (χ0n) is 14.7. The molecule has 0 spiro atoms. The smallest absolute Gasteiger partial charge is 0.251 e. The molecular weight excluding hydrogens is 316 g/mol. The van der Waals surface area contributed by atoms with Crippen LogP contribution < -0.4 is 15.4 Å². The molecule has 5 nitrogen and oxygen atoms in total. The molecule has 0 bridgehead atoms. The number of hydrogen-bond acceptors (Lipinski definition) is 3. The summed E-state index contributed by atoms with van der Waals surface area (Å²) in [6.07, 6.45) is 2.11. The molecule has 0 aliphatic rings. The van der Waals surface area contributed by atoms with Gasteiger partial charge in [0, 0.05) is 11.3 Å². The lowest BCUT2D eigenvalue weighted by Crippen LogP contribution is -2.32. The van der Waals surface area contributed by atoms with Crippen molar-refractivity contribution in [1.29, 1.82) is 0 Å². The molecule has 0 radical (unpaired) electrons. The molecule has 0 aliphatic carbocycles. The highest BCUT2D eigenvalue weighted by atomic mass is 16.5. The van der Waals surface area contributed by atoms with Gasteiger partial charge in [-0.2, -0.15) is 0 Å².